The van der Waals surface area contributed by atoms with Crippen LogP contribution in [0.1, 0.15) is 37.6 Å². The first-order chi connectivity index (χ1) is 8.11. The zero-order chi connectivity index (χ0) is 12.4. The summed E-state index contributed by atoms with van der Waals surface area (Å²) >= 11 is 1.74. The van der Waals surface area contributed by atoms with Gasteiger partial charge in [0.05, 0.1) is 12.0 Å². The van der Waals surface area contributed by atoms with Gasteiger partial charge in [-0.1, -0.05) is 13.0 Å². The summed E-state index contributed by atoms with van der Waals surface area (Å²) in [6.07, 6.45) is 2.18. The van der Waals surface area contributed by atoms with Crippen molar-refractivity contribution < 1.29 is 4.79 Å². The fraction of sp³-hybridized carbons (Fsp3) is 0.615. The highest BCUT2D eigenvalue weighted by atomic mass is 35.5. The molecule has 1 aromatic heterocycles. The normalized spacial score (nSPS) is 22.4. The highest BCUT2D eigenvalue weighted by Crippen LogP contribution is 2.35. The van der Waals surface area contributed by atoms with E-state index in [1.54, 1.807) is 11.3 Å². The van der Waals surface area contributed by atoms with Crippen LogP contribution in [0.15, 0.2) is 17.5 Å². The number of halogens is 1. The van der Waals surface area contributed by atoms with Gasteiger partial charge in [-0.3, -0.25) is 4.79 Å². The first-order valence-corrected chi connectivity index (χ1v) is 7.08. The van der Waals surface area contributed by atoms with Crippen LogP contribution in [0.5, 0.6) is 0 Å². The summed E-state index contributed by atoms with van der Waals surface area (Å²) in [4.78, 5) is 15.7. The van der Waals surface area contributed by atoms with Gasteiger partial charge in [0, 0.05) is 17.5 Å². The van der Waals surface area contributed by atoms with Gasteiger partial charge in [0.1, 0.15) is 0 Å². The maximum atomic E-state index is 12.3. The molecule has 0 aliphatic carbocycles. The molecule has 1 aliphatic heterocycles. The first-order valence-electron chi connectivity index (χ1n) is 6.20. The molecule has 1 amide bonds. The van der Waals surface area contributed by atoms with Gasteiger partial charge in [-0.2, -0.15) is 0 Å². The fourth-order valence-electron chi connectivity index (χ4n) is 2.29. The van der Waals surface area contributed by atoms with E-state index < -0.39 is 0 Å². The van der Waals surface area contributed by atoms with Crippen LogP contribution in [0, 0.1) is 5.92 Å². The Morgan fingerprint density at radius 2 is 2.28 bits per heavy atom. The van der Waals surface area contributed by atoms with Crippen molar-refractivity contribution in [1.29, 1.82) is 0 Å². The molecule has 18 heavy (non-hydrogen) atoms. The second-order valence-corrected chi connectivity index (χ2v) is 5.83. The molecule has 1 fully saturated rings. The third-order valence-corrected chi connectivity index (χ3v) is 4.56. The van der Waals surface area contributed by atoms with E-state index in [9.17, 15) is 4.79 Å². The first kappa shape index (κ1) is 15.5. The van der Waals surface area contributed by atoms with E-state index in [4.69, 9.17) is 5.73 Å². The number of carbonyl (C=O) groups excluding carboxylic acids is 1. The number of nitrogens with zero attached hydrogens (tertiary/aromatic N) is 1. The molecule has 3 unspecified atom stereocenters. The number of amides is 1. The molecular weight excluding hydrogens is 268 g/mol. The van der Waals surface area contributed by atoms with Gasteiger partial charge in [-0.15, -0.1) is 23.7 Å². The Morgan fingerprint density at radius 3 is 2.83 bits per heavy atom. The largest absolute Gasteiger partial charge is 0.335 e. The van der Waals surface area contributed by atoms with Crippen LogP contribution in [0.2, 0.25) is 0 Å². The molecule has 1 saturated heterocycles. The summed E-state index contributed by atoms with van der Waals surface area (Å²) < 4.78 is 0. The van der Waals surface area contributed by atoms with Gasteiger partial charge in [0.25, 0.3) is 0 Å². The highest BCUT2D eigenvalue weighted by molar-refractivity contribution is 7.10. The van der Waals surface area contributed by atoms with Gasteiger partial charge in [0.2, 0.25) is 5.91 Å². The van der Waals surface area contributed by atoms with Gasteiger partial charge < -0.3 is 10.6 Å². The molecule has 1 aromatic rings. The molecule has 0 aromatic carbocycles. The molecule has 2 heterocycles. The maximum absolute atomic E-state index is 12.3. The minimum atomic E-state index is -0.0874. The Morgan fingerprint density at radius 1 is 1.56 bits per heavy atom. The van der Waals surface area contributed by atoms with Crippen molar-refractivity contribution in [2.75, 3.05) is 6.54 Å². The molecule has 0 saturated carbocycles. The summed E-state index contributed by atoms with van der Waals surface area (Å²) in [6.45, 7) is 4.70. The average molecular weight is 289 g/mol. The van der Waals surface area contributed by atoms with Crippen LogP contribution in [0.4, 0.5) is 0 Å². The van der Waals surface area contributed by atoms with E-state index in [1.807, 2.05) is 18.7 Å². The quantitative estimate of drug-likeness (QED) is 0.930. The van der Waals surface area contributed by atoms with Crippen molar-refractivity contribution in [3.05, 3.63) is 22.4 Å². The van der Waals surface area contributed by atoms with Crippen molar-refractivity contribution in [3.8, 4) is 0 Å². The summed E-state index contributed by atoms with van der Waals surface area (Å²) in [7, 11) is 0. The number of hydrogen-bond donors (Lipinski definition) is 1. The SMILES string of the molecule is CC(N)C(C)C(=O)N1CCCC1c1cccs1.Cl. The monoisotopic (exact) mass is 288 g/mol. The van der Waals surface area contributed by atoms with Crippen LogP contribution in [0.25, 0.3) is 0 Å². The Kier molecular flexibility index (Phi) is 5.63. The van der Waals surface area contributed by atoms with E-state index in [0.717, 1.165) is 19.4 Å². The second-order valence-electron chi connectivity index (χ2n) is 4.85. The highest BCUT2D eigenvalue weighted by Gasteiger charge is 2.33. The Balaban J connectivity index is 0.00000162. The van der Waals surface area contributed by atoms with E-state index in [2.05, 4.69) is 17.5 Å². The maximum Gasteiger partial charge on any atom is 0.227 e. The number of hydrogen-bond acceptors (Lipinski definition) is 3. The predicted octanol–water partition coefficient (Wildman–Crippen LogP) is 2.82. The molecule has 102 valence electrons. The molecule has 2 rings (SSSR count). The van der Waals surface area contributed by atoms with Crippen LogP contribution in [-0.4, -0.2) is 23.4 Å². The summed E-state index contributed by atoms with van der Waals surface area (Å²) in [5, 5.41) is 2.07. The number of nitrogens with two attached hydrogens (primary N) is 1. The molecule has 2 N–H and O–H groups in total. The van der Waals surface area contributed by atoms with Crippen LogP contribution >= 0.6 is 23.7 Å². The number of rotatable bonds is 3. The number of carbonyl (C=O) groups is 1. The summed E-state index contributed by atoms with van der Waals surface area (Å²) in [5.41, 5.74) is 5.82. The molecule has 1 aliphatic rings. The van der Waals surface area contributed by atoms with Crippen molar-refractivity contribution in [2.24, 2.45) is 11.7 Å². The minimum Gasteiger partial charge on any atom is -0.335 e. The lowest BCUT2D eigenvalue weighted by Crippen LogP contribution is -2.41. The molecule has 0 spiro atoms. The van der Waals surface area contributed by atoms with E-state index >= 15 is 0 Å². The van der Waals surface area contributed by atoms with Crippen LogP contribution in [0.3, 0.4) is 0 Å². The zero-order valence-electron chi connectivity index (χ0n) is 10.8. The number of likely N-dealkylation sites (tertiary alicyclic amines) is 1. The van der Waals surface area contributed by atoms with E-state index in [-0.39, 0.29) is 36.3 Å². The van der Waals surface area contributed by atoms with Crippen molar-refractivity contribution in [2.45, 2.75) is 38.8 Å². The Bertz CT molecular complexity index is 380. The van der Waals surface area contributed by atoms with E-state index in [0.29, 0.717) is 0 Å². The molecule has 3 atom stereocenters. The third-order valence-electron chi connectivity index (χ3n) is 3.59. The lowest BCUT2D eigenvalue weighted by molar-refractivity contribution is -0.136. The Hall–Kier alpha value is -0.580. The minimum absolute atomic E-state index is 0. The topological polar surface area (TPSA) is 46.3 Å². The van der Waals surface area contributed by atoms with Crippen molar-refractivity contribution >= 4 is 29.7 Å². The fourth-order valence-corrected chi connectivity index (χ4v) is 3.17. The lowest BCUT2D eigenvalue weighted by atomic mass is 10.0. The van der Waals surface area contributed by atoms with Gasteiger partial charge in [-0.05, 0) is 31.2 Å². The Labute approximate surface area is 119 Å². The molecule has 0 radical (unpaired) electrons. The third kappa shape index (κ3) is 3.05. The molecule has 3 nitrogen and oxygen atoms in total. The molecule has 0 bridgehead atoms. The van der Waals surface area contributed by atoms with Gasteiger partial charge in [0.15, 0.2) is 0 Å². The molecule has 5 heteroatoms. The lowest BCUT2D eigenvalue weighted by Gasteiger charge is -2.28. The summed E-state index contributed by atoms with van der Waals surface area (Å²) in [6, 6.07) is 4.38. The average Bonchev–Trinajstić information content (AvgIpc) is 2.96. The van der Waals surface area contributed by atoms with Crippen LogP contribution in [-0.2, 0) is 4.79 Å². The smallest absolute Gasteiger partial charge is 0.227 e. The zero-order valence-corrected chi connectivity index (χ0v) is 12.5. The van der Waals surface area contributed by atoms with Crippen molar-refractivity contribution in [1.82, 2.24) is 4.90 Å². The standard InChI is InChI=1S/C13H20N2OS.ClH/c1-9(10(2)14)13(16)15-7-3-5-11(15)12-6-4-8-17-12;/h4,6,8-11H,3,5,7,14H2,1-2H3;1H. The predicted molar refractivity (Wildman–Crippen MR) is 78.1 cm³/mol. The van der Waals surface area contributed by atoms with Crippen LogP contribution < -0.4 is 5.73 Å². The van der Waals surface area contributed by atoms with Crippen molar-refractivity contribution in [3.63, 3.8) is 0 Å². The second kappa shape index (κ2) is 6.55. The van der Waals surface area contributed by atoms with Gasteiger partial charge in [-0.25, -0.2) is 0 Å². The summed E-state index contributed by atoms with van der Waals surface area (Å²) in [5.74, 6) is 0.117. The van der Waals surface area contributed by atoms with Gasteiger partial charge >= 0.3 is 0 Å². The molecular formula is C13H21ClN2OS. The van der Waals surface area contributed by atoms with E-state index in [1.165, 1.54) is 4.88 Å². The number of thiophene rings is 1.